The van der Waals surface area contributed by atoms with E-state index < -0.39 is 0 Å². The number of fused-ring (bicyclic) bond motifs is 3. The van der Waals surface area contributed by atoms with E-state index in [9.17, 15) is 0 Å². The van der Waals surface area contributed by atoms with Crippen LogP contribution in [0.4, 0.5) is 17.5 Å². The molecule has 0 radical (unpaired) electrons. The second kappa shape index (κ2) is 8.21. The molecule has 10 heteroatoms. The Morgan fingerprint density at radius 1 is 1.12 bits per heavy atom. The van der Waals surface area contributed by atoms with Crippen molar-refractivity contribution in [1.82, 2.24) is 34.8 Å². The fourth-order valence-corrected chi connectivity index (χ4v) is 4.87. The molecule has 34 heavy (non-hydrogen) atoms. The van der Waals surface area contributed by atoms with Gasteiger partial charge in [0.15, 0.2) is 5.52 Å². The van der Waals surface area contributed by atoms with Gasteiger partial charge in [-0.15, -0.1) is 0 Å². The van der Waals surface area contributed by atoms with E-state index >= 15 is 0 Å². The van der Waals surface area contributed by atoms with Crippen molar-refractivity contribution in [3.8, 4) is 17.3 Å². The molecular weight excluding hydrogens is 430 g/mol. The smallest absolute Gasteiger partial charge is 0.242 e. The van der Waals surface area contributed by atoms with Crippen molar-refractivity contribution >= 4 is 28.5 Å². The SMILES string of the molecule is COc1nc(-c2ccnc(Nc3ccc(N4CC5CC4CN5)cn3)n2)cc2c1ncn2C(C)C. The molecule has 6 heterocycles. The van der Waals surface area contributed by atoms with Crippen molar-refractivity contribution in [2.24, 2.45) is 0 Å². The van der Waals surface area contributed by atoms with Crippen molar-refractivity contribution in [2.75, 3.05) is 30.4 Å². The Morgan fingerprint density at radius 2 is 2.03 bits per heavy atom. The van der Waals surface area contributed by atoms with E-state index in [1.54, 1.807) is 13.3 Å². The second-order valence-corrected chi connectivity index (χ2v) is 9.07. The van der Waals surface area contributed by atoms with Crippen molar-refractivity contribution in [3.63, 3.8) is 0 Å². The third-order valence-corrected chi connectivity index (χ3v) is 6.57. The van der Waals surface area contributed by atoms with E-state index in [2.05, 4.69) is 64.9 Å². The lowest BCUT2D eigenvalue weighted by atomic mass is 10.2. The molecule has 0 aromatic carbocycles. The number of nitrogens with one attached hydrogen (secondary N) is 2. The first-order chi connectivity index (χ1) is 16.6. The predicted octanol–water partition coefficient (Wildman–Crippen LogP) is 3.17. The Bertz CT molecular complexity index is 1330. The molecule has 6 rings (SSSR count). The first kappa shape index (κ1) is 20.8. The molecule has 4 aromatic heterocycles. The van der Waals surface area contributed by atoms with Crippen LogP contribution in [0.5, 0.6) is 5.88 Å². The highest BCUT2D eigenvalue weighted by molar-refractivity contribution is 5.84. The summed E-state index contributed by atoms with van der Waals surface area (Å²) in [4.78, 5) is 25.2. The van der Waals surface area contributed by atoms with Gasteiger partial charge in [0, 0.05) is 37.4 Å². The lowest BCUT2D eigenvalue weighted by Crippen LogP contribution is -2.43. The van der Waals surface area contributed by atoms with Crippen LogP contribution in [0.3, 0.4) is 0 Å². The van der Waals surface area contributed by atoms with Crippen LogP contribution in [0, 0.1) is 0 Å². The average molecular weight is 458 g/mol. The van der Waals surface area contributed by atoms with Crippen LogP contribution in [0.2, 0.25) is 0 Å². The van der Waals surface area contributed by atoms with Crippen molar-refractivity contribution in [3.05, 3.63) is 43.0 Å². The van der Waals surface area contributed by atoms with Gasteiger partial charge in [0.05, 0.1) is 42.2 Å². The summed E-state index contributed by atoms with van der Waals surface area (Å²) >= 11 is 0. The Morgan fingerprint density at radius 3 is 2.74 bits per heavy atom. The number of piperazine rings is 1. The van der Waals surface area contributed by atoms with Crippen LogP contribution in [0.25, 0.3) is 22.4 Å². The Balaban J connectivity index is 1.26. The van der Waals surface area contributed by atoms with Crippen LogP contribution in [0.15, 0.2) is 43.0 Å². The standard InChI is InChI=1S/C24H27N9O/c1-14(2)33-13-28-22-20(33)9-19(29-23(22)34-3)18-6-7-25-24(30-18)31-21-5-4-16(10-27-21)32-12-15-8-17(32)11-26-15/h4-7,9-10,13-15,17,26H,8,11-12H2,1-3H3,(H,25,27,30,31). The number of ether oxygens (including phenoxy) is 1. The lowest BCUT2D eigenvalue weighted by molar-refractivity contribution is 0.403. The van der Waals surface area contributed by atoms with Gasteiger partial charge < -0.3 is 24.8 Å². The molecule has 0 spiro atoms. The number of hydrogen-bond acceptors (Lipinski definition) is 9. The van der Waals surface area contributed by atoms with Gasteiger partial charge in [0.25, 0.3) is 0 Å². The van der Waals surface area contributed by atoms with Gasteiger partial charge >= 0.3 is 0 Å². The van der Waals surface area contributed by atoms with Crippen LogP contribution in [-0.4, -0.2) is 61.8 Å². The third kappa shape index (κ3) is 3.60. The highest BCUT2D eigenvalue weighted by atomic mass is 16.5. The minimum atomic E-state index is 0.258. The minimum Gasteiger partial charge on any atom is -0.479 e. The fraction of sp³-hybridized carbons (Fsp3) is 0.375. The fourth-order valence-electron chi connectivity index (χ4n) is 4.87. The van der Waals surface area contributed by atoms with E-state index in [0.717, 1.165) is 29.8 Å². The number of imidazole rings is 1. The number of hydrogen-bond donors (Lipinski definition) is 2. The average Bonchev–Trinajstić information content (AvgIpc) is 3.60. The summed E-state index contributed by atoms with van der Waals surface area (Å²) in [6.45, 7) is 6.32. The summed E-state index contributed by atoms with van der Waals surface area (Å²) in [6, 6.07) is 9.33. The van der Waals surface area contributed by atoms with Crippen LogP contribution in [-0.2, 0) is 0 Å². The minimum absolute atomic E-state index is 0.258. The predicted molar refractivity (Wildman–Crippen MR) is 131 cm³/mol. The monoisotopic (exact) mass is 457 g/mol. The molecule has 2 bridgehead atoms. The molecule has 2 fully saturated rings. The molecule has 0 saturated carbocycles. The van der Waals surface area contributed by atoms with E-state index in [4.69, 9.17) is 4.74 Å². The topological polar surface area (TPSA) is 106 Å². The quantitative estimate of drug-likeness (QED) is 0.451. The number of methoxy groups -OCH3 is 1. The maximum absolute atomic E-state index is 5.52. The molecule has 2 N–H and O–H groups in total. The van der Waals surface area contributed by atoms with E-state index in [-0.39, 0.29) is 6.04 Å². The molecule has 4 aromatic rings. The van der Waals surface area contributed by atoms with E-state index in [1.807, 2.05) is 30.7 Å². The Labute approximate surface area is 197 Å². The lowest BCUT2D eigenvalue weighted by Gasteiger charge is -2.29. The summed E-state index contributed by atoms with van der Waals surface area (Å²) in [5.74, 6) is 1.63. The zero-order valence-corrected chi connectivity index (χ0v) is 19.4. The van der Waals surface area contributed by atoms with Crippen LogP contribution >= 0.6 is 0 Å². The van der Waals surface area contributed by atoms with E-state index in [1.165, 1.54) is 6.42 Å². The summed E-state index contributed by atoms with van der Waals surface area (Å²) in [5.41, 5.74) is 4.22. The molecule has 2 unspecified atom stereocenters. The molecule has 10 nitrogen and oxygen atoms in total. The maximum Gasteiger partial charge on any atom is 0.242 e. The molecule has 174 valence electrons. The van der Waals surface area contributed by atoms with Crippen molar-refractivity contribution in [1.29, 1.82) is 0 Å². The highest BCUT2D eigenvalue weighted by Crippen LogP contribution is 2.31. The highest BCUT2D eigenvalue weighted by Gasteiger charge is 2.37. The van der Waals surface area contributed by atoms with E-state index in [0.29, 0.717) is 41.1 Å². The van der Waals surface area contributed by atoms with Crippen molar-refractivity contribution in [2.45, 2.75) is 38.4 Å². The number of aromatic nitrogens is 6. The van der Waals surface area contributed by atoms with Crippen LogP contribution < -0.4 is 20.3 Å². The number of rotatable bonds is 6. The molecular formula is C24H27N9O. The van der Waals surface area contributed by atoms with Crippen molar-refractivity contribution < 1.29 is 4.74 Å². The molecule has 0 amide bonds. The second-order valence-electron chi connectivity index (χ2n) is 9.07. The Kier molecular flexibility index (Phi) is 5.02. The van der Waals surface area contributed by atoms with Gasteiger partial charge in [-0.25, -0.2) is 24.9 Å². The zero-order chi connectivity index (χ0) is 23.2. The first-order valence-electron chi connectivity index (χ1n) is 11.6. The molecule has 2 atom stereocenters. The number of nitrogens with zero attached hydrogens (tertiary/aromatic N) is 7. The van der Waals surface area contributed by atoms with Gasteiger partial charge in [0.1, 0.15) is 5.82 Å². The summed E-state index contributed by atoms with van der Waals surface area (Å²) in [6.07, 6.45) is 6.66. The van der Waals surface area contributed by atoms with Gasteiger partial charge in [0.2, 0.25) is 11.8 Å². The first-order valence-corrected chi connectivity index (χ1v) is 11.6. The van der Waals surface area contributed by atoms with Gasteiger partial charge in [-0.1, -0.05) is 0 Å². The van der Waals surface area contributed by atoms with Gasteiger partial charge in [-0.05, 0) is 44.5 Å². The molecule has 0 aliphatic carbocycles. The van der Waals surface area contributed by atoms with Crippen LogP contribution in [0.1, 0.15) is 26.3 Å². The molecule has 2 aliphatic rings. The molecule has 2 saturated heterocycles. The van der Waals surface area contributed by atoms with Gasteiger partial charge in [-0.3, -0.25) is 0 Å². The largest absolute Gasteiger partial charge is 0.479 e. The van der Waals surface area contributed by atoms with Gasteiger partial charge in [-0.2, -0.15) is 0 Å². The Hall–Kier alpha value is -3.79. The molecule has 2 aliphatic heterocycles. The summed E-state index contributed by atoms with van der Waals surface area (Å²) in [7, 11) is 1.60. The summed E-state index contributed by atoms with van der Waals surface area (Å²) in [5, 5.41) is 6.75. The normalized spacial score (nSPS) is 19.4. The zero-order valence-electron chi connectivity index (χ0n) is 19.4. The third-order valence-electron chi connectivity index (χ3n) is 6.57. The number of pyridine rings is 2. The summed E-state index contributed by atoms with van der Waals surface area (Å²) < 4.78 is 7.61. The number of anilines is 3. The maximum atomic E-state index is 5.52.